The van der Waals surface area contributed by atoms with E-state index in [0.29, 0.717) is 56.1 Å². The SMILES string of the molecule is Nc1ccccc1CCC(=O)Nc1cccc(C(=O)N2CCOCC2)c1. The lowest BCUT2D eigenvalue weighted by Gasteiger charge is -2.27. The zero-order valence-electron chi connectivity index (χ0n) is 14.6. The van der Waals surface area contributed by atoms with Crippen LogP contribution in [0.2, 0.25) is 0 Å². The monoisotopic (exact) mass is 353 g/mol. The number of nitrogen functional groups attached to an aromatic ring is 1. The molecule has 2 aromatic rings. The van der Waals surface area contributed by atoms with Crippen molar-refractivity contribution in [1.29, 1.82) is 0 Å². The molecule has 6 heteroatoms. The molecule has 2 amide bonds. The number of rotatable bonds is 5. The molecule has 0 unspecified atom stereocenters. The van der Waals surface area contributed by atoms with Crippen molar-refractivity contribution in [3.63, 3.8) is 0 Å². The van der Waals surface area contributed by atoms with Gasteiger partial charge in [-0.25, -0.2) is 0 Å². The van der Waals surface area contributed by atoms with E-state index in [1.54, 1.807) is 29.2 Å². The highest BCUT2D eigenvalue weighted by molar-refractivity contribution is 5.97. The van der Waals surface area contributed by atoms with E-state index < -0.39 is 0 Å². The lowest BCUT2D eigenvalue weighted by molar-refractivity contribution is -0.116. The van der Waals surface area contributed by atoms with Crippen LogP contribution in [0.3, 0.4) is 0 Å². The van der Waals surface area contributed by atoms with E-state index in [2.05, 4.69) is 5.32 Å². The summed E-state index contributed by atoms with van der Waals surface area (Å²) in [6.07, 6.45) is 0.904. The third-order valence-corrected chi connectivity index (χ3v) is 4.37. The van der Waals surface area contributed by atoms with Crippen LogP contribution in [0, 0.1) is 0 Å². The first-order valence-corrected chi connectivity index (χ1v) is 8.74. The van der Waals surface area contributed by atoms with Crippen molar-refractivity contribution < 1.29 is 14.3 Å². The Morgan fingerprint density at radius 3 is 2.62 bits per heavy atom. The van der Waals surface area contributed by atoms with Gasteiger partial charge in [0.25, 0.3) is 5.91 Å². The van der Waals surface area contributed by atoms with Crippen LogP contribution in [0.5, 0.6) is 0 Å². The quantitative estimate of drug-likeness (QED) is 0.808. The third-order valence-electron chi connectivity index (χ3n) is 4.37. The number of carbonyl (C=O) groups excluding carboxylic acids is 2. The van der Waals surface area contributed by atoms with Gasteiger partial charge in [-0.1, -0.05) is 24.3 Å². The maximum absolute atomic E-state index is 12.5. The number of morpholine rings is 1. The number of carbonyl (C=O) groups is 2. The number of nitrogens with one attached hydrogen (secondary N) is 1. The number of benzene rings is 2. The highest BCUT2D eigenvalue weighted by Gasteiger charge is 2.18. The van der Waals surface area contributed by atoms with Gasteiger partial charge in [-0.05, 0) is 36.2 Å². The molecule has 0 aromatic heterocycles. The van der Waals surface area contributed by atoms with Crippen LogP contribution in [0.1, 0.15) is 22.3 Å². The van der Waals surface area contributed by atoms with Crippen molar-refractivity contribution in [2.24, 2.45) is 0 Å². The van der Waals surface area contributed by atoms with Gasteiger partial charge in [-0.15, -0.1) is 0 Å². The number of para-hydroxylation sites is 1. The van der Waals surface area contributed by atoms with Gasteiger partial charge in [0.15, 0.2) is 0 Å². The zero-order chi connectivity index (χ0) is 18.4. The average molecular weight is 353 g/mol. The number of hydrogen-bond donors (Lipinski definition) is 2. The largest absolute Gasteiger partial charge is 0.399 e. The summed E-state index contributed by atoms with van der Waals surface area (Å²) in [7, 11) is 0. The summed E-state index contributed by atoms with van der Waals surface area (Å²) >= 11 is 0. The predicted octanol–water partition coefficient (Wildman–Crippen LogP) is 2.31. The van der Waals surface area contributed by atoms with E-state index in [9.17, 15) is 9.59 Å². The lowest BCUT2D eigenvalue weighted by Crippen LogP contribution is -2.40. The molecule has 0 spiro atoms. The van der Waals surface area contributed by atoms with Gasteiger partial charge in [0.1, 0.15) is 0 Å². The molecule has 0 aliphatic carbocycles. The number of ether oxygens (including phenoxy) is 1. The van der Waals surface area contributed by atoms with Gasteiger partial charge < -0.3 is 20.7 Å². The molecule has 26 heavy (non-hydrogen) atoms. The Kier molecular flexibility index (Phi) is 5.86. The first-order valence-electron chi connectivity index (χ1n) is 8.74. The maximum atomic E-state index is 12.5. The molecular formula is C20H23N3O3. The Balaban J connectivity index is 1.58. The molecular weight excluding hydrogens is 330 g/mol. The Bertz CT molecular complexity index is 785. The number of hydrogen-bond acceptors (Lipinski definition) is 4. The second-order valence-electron chi connectivity index (χ2n) is 6.23. The van der Waals surface area contributed by atoms with Gasteiger partial charge >= 0.3 is 0 Å². The fourth-order valence-corrected chi connectivity index (χ4v) is 2.91. The molecule has 0 bridgehead atoms. The maximum Gasteiger partial charge on any atom is 0.254 e. The molecule has 0 atom stereocenters. The summed E-state index contributed by atoms with van der Waals surface area (Å²) < 4.78 is 5.27. The number of anilines is 2. The van der Waals surface area contributed by atoms with Gasteiger partial charge in [0, 0.05) is 36.4 Å². The first kappa shape index (κ1) is 17.9. The minimum atomic E-state index is -0.107. The normalized spacial score (nSPS) is 14.1. The Morgan fingerprint density at radius 2 is 1.85 bits per heavy atom. The molecule has 3 N–H and O–H groups in total. The summed E-state index contributed by atoms with van der Waals surface area (Å²) in [5.41, 5.74) is 8.74. The van der Waals surface area contributed by atoms with Crippen LogP contribution in [0.25, 0.3) is 0 Å². The van der Waals surface area contributed by atoms with E-state index in [1.807, 2.05) is 24.3 Å². The molecule has 6 nitrogen and oxygen atoms in total. The molecule has 2 aromatic carbocycles. The van der Waals surface area contributed by atoms with E-state index in [1.165, 1.54) is 0 Å². The minimum Gasteiger partial charge on any atom is -0.399 e. The summed E-state index contributed by atoms with van der Waals surface area (Å²) in [6, 6.07) is 14.6. The smallest absolute Gasteiger partial charge is 0.254 e. The summed E-state index contributed by atoms with van der Waals surface area (Å²) in [4.78, 5) is 26.5. The fourth-order valence-electron chi connectivity index (χ4n) is 2.91. The molecule has 1 aliphatic heterocycles. The Labute approximate surface area is 152 Å². The van der Waals surface area contributed by atoms with E-state index >= 15 is 0 Å². The lowest BCUT2D eigenvalue weighted by atomic mass is 10.1. The number of nitrogens with zero attached hydrogens (tertiary/aromatic N) is 1. The molecule has 1 heterocycles. The standard InChI is InChI=1S/C20H23N3O3/c21-18-7-2-1-4-15(18)8-9-19(24)22-17-6-3-5-16(14-17)20(25)23-10-12-26-13-11-23/h1-7,14H,8-13,21H2,(H,22,24). The predicted molar refractivity (Wildman–Crippen MR) is 101 cm³/mol. The highest BCUT2D eigenvalue weighted by Crippen LogP contribution is 2.16. The van der Waals surface area contributed by atoms with Crippen LogP contribution in [-0.4, -0.2) is 43.0 Å². The summed E-state index contributed by atoms with van der Waals surface area (Å²) in [5.74, 6) is -0.148. The van der Waals surface area contributed by atoms with Crippen molar-refractivity contribution in [1.82, 2.24) is 4.90 Å². The topological polar surface area (TPSA) is 84.7 Å². The number of nitrogens with two attached hydrogens (primary N) is 1. The van der Waals surface area contributed by atoms with Gasteiger partial charge in [-0.3, -0.25) is 9.59 Å². The summed E-state index contributed by atoms with van der Waals surface area (Å²) in [6.45, 7) is 2.30. The van der Waals surface area contributed by atoms with E-state index in [-0.39, 0.29) is 11.8 Å². The summed E-state index contributed by atoms with van der Waals surface area (Å²) in [5, 5.41) is 2.85. The van der Waals surface area contributed by atoms with Crippen molar-refractivity contribution in [2.45, 2.75) is 12.8 Å². The molecule has 0 saturated carbocycles. The molecule has 3 rings (SSSR count). The van der Waals surface area contributed by atoms with Crippen LogP contribution < -0.4 is 11.1 Å². The Hall–Kier alpha value is -2.86. The van der Waals surface area contributed by atoms with Crippen molar-refractivity contribution >= 4 is 23.2 Å². The third kappa shape index (κ3) is 4.61. The van der Waals surface area contributed by atoms with Gasteiger partial charge in [0.05, 0.1) is 13.2 Å². The van der Waals surface area contributed by atoms with Crippen molar-refractivity contribution in [2.75, 3.05) is 37.4 Å². The van der Waals surface area contributed by atoms with E-state index in [4.69, 9.17) is 10.5 Å². The number of amides is 2. The first-order chi connectivity index (χ1) is 12.6. The second kappa shape index (κ2) is 8.49. The molecule has 1 saturated heterocycles. The van der Waals surface area contributed by atoms with Gasteiger partial charge in [-0.2, -0.15) is 0 Å². The fraction of sp³-hybridized carbons (Fsp3) is 0.300. The zero-order valence-corrected chi connectivity index (χ0v) is 14.6. The average Bonchev–Trinajstić information content (AvgIpc) is 2.68. The van der Waals surface area contributed by atoms with Crippen LogP contribution in [0.4, 0.5) is 11.4 Å². The van der Waals surface area contributed by atoms with Crippen LogP contribution >= 0.6 is 0 Å². The molecule has 1 fully saturated rings. The number of aryl methyl sites for hydroxylation is 1. The van der Waals surface area contributed by atoms with Crippen molar-refractivity contribution in [3.8, 4) is 0 Å². The second-order valence-corrected chi connectivity index (χ2v) is 6.23. The molecule has 136 valence electrons. The Morgan fingerprint density at radius 1 is 1.08 bits per heavy atom. The van der Waals surface area contributed by atoms with Crippen LogP contribution in [0.15, 0.2) is 48.5 Å². The minimum absolute atomic E-state index is 0.0403. The molecule has 0 radical (unpaired) electrons. The molecule has 1 aliphatic rings. The highest BCUT2D eigenvalue weighted by atomic mass is 16.5. The van der Waals surface area contributed by atoms with Gasteiger partial charge in [0.2, 0.25) is 5.91 Å². The van der Waals surface area contributed by atoms with Crippen LogP contribution in [-0.2, 0) is 16.0 Å². The van der Waals surface area contributed by atoms with E-state index in [0.717, 1.165) is 5.56 Å². The van der Waals surface area contributed by atoms with Crippen molar-refractivity contribution in [3.05, 3.63) is 59.7 Å².